The van der Waals surface area contributed by atoms with Crippen LogP contribution >= 0.6 is 39.1 Å². The summed E-state index contributed by atoms with van der Waals surface area (Å²) in [6, 6.07) is 11.9. The molecule has 0 aliphatic heterocycles. The van der Waals surface area contributed by atoms with E-state index in [2.05, 4.69) is 15.9 Å². The predicted octanol–water partition coefficient (Wildman–Crippen LogP) is 5.81. The van der Waals surface area contributed by atoms with Crippen molar-refractivity contribution in [1.82, 2.24) is 0 Å². The summed E-state index contributed by atoms with van der Waals surface area (Å²) in [5.41, 5.74) is 1.87. The monoisotopic (exact) mass is 346 g/mol. The summed E-state index contributed by atoms with van der Waals surface area (Å²) in [5, 5.41) is 1.22. The third-order valence-corrected chi connectivity index (χ3v) is 3.98. The highest BCUT2D eigenvalue weighted by Gasteiger charge is 2.12. The molecule has 1 unspecified atom stereocenters. The normalized spacial score (nSPS) is 12.4. The molecule has 4 heteroatoms. The van der Waals surface area contributed by atoms with E-state index >= 15 is 0 Å². The first-order chi connectivity index (χ1) is 8.56. The zero-order chi connectivity index (χ0) is 13.1. The van der Waals surface area contributed by atoms with Crippen LogP contribution in [0, 0.1) is 5.82 Å². The van der Waals surface area contributed by atoms with Gasteiger partial charge in [-0.3, -0.25) is 0 Å². The molecule has 0 radical (unpaired) electrons. The van der Waals surface area contributed by atoms with Gasteiger partial charge in [-0.2, -0.15) is 0 Å². The molecule has 94 valence electrons. The second-order valence-electron chi connectivity index (χ2n) is 3.97. The Morgan fingerprint density at radius 3 is 2.56 bits per heavy atom. The maximum absolute atomic E-state index is 13.1. The van der Waals surface area contributed by atoms with Crippen LogP contribution in [0.1, 0.15) is 16.0 Å². The highest BCUT2D eigenvalue weighted by molar-refractivity contribution is 9.09. The molecule has 0 aromatic heterocycles. The second-order valence-corrected chi connectivity index (χ2v) is 5.92. The first kappa shape index (κ1) is 13.9. The van der Waals surface area contributed by atoms with E-state index in [9.17, 15) is 4.39 Å². The van der Waals surface area contributed by atoms with Gasteiger partial charge < -0.3 is 0 Å². The highest BCUT2D eigenvalue weighted by atomic mass is 79.9. The summed E-state index contributed by atoms with van der Waals surface area (Å²) in [5.74, 6) is -0.227. The van der Waals surface area contributed by atoms with Crippen LogP contribution in [0.15, 0.2) is 42.5 Å². The number of alkyl halides is 1. The molecule has 0 saturated carbocycles. The van der Waals surface area contributed by atoms with Gasteiger partial charge in [0.05, 0.1) is 0 Å². The van der Waals surface area contributed by atoms with Gasteiger partial charge in [0.1, 0.15) is 5.82 Å². The van der Waals surface area contributed by atoms with Crippen molar-refractivity contribution in [2.75, 3.05) is 0 Å². The minimum atomic E-state index is -0.227. The lowest BCUT2D eigenvalue weighted by Crippen LogP contribution is -1.97. The Labute approximate surface area is 124 Å². The van der Waals surface area contributed by atoms with Crippen molar-refractivity contribution in [3.8, 4) is 0 Å². The Morgan fingerprint density at radius 1 is 1.11 bits per heavy atom. The first-order valence-corrected chi connectivity index (χ1v) is 7.07. The molecule has 0 N–H and O–H groups in total. The van der Waals surface area contributed by atoms with Crippen molar-refractivity contribution >= 4 is 39.1 Å². The van der Waals surface area contributed by atoms with Gasteiger partial charge in [0.2, 0.25) is 0 Å². The molecule has 0 spiro atoms. The molecule has 0 fully saturated rings. The number of benzene rings is 2. The Morgan fingerprint density at radius 2 is 1.89 bits per heavy atom. The number of hydrogen-bond acceptors (Lipinski definition) is 0. The molecule has 18 heavy (non-hydrogen) atoms. The Hall–Kier alpha value is -0.570. The molecule has 2 aromatic rings. The highest BCUT2D eigenvalue weighted by Crippen LogP contribution is 2.33. The fraction of sp³-hybridized carbons (Fsp3) is 0.143. The fourth-order valence-electron chi connectivity index (χ4n) is 1.74. The van der Waals surface area contributed by atoms with Crippen LogP contribution in [0.3, 0.4) is 0 Å². The summed E-state index contributed by atoms with van der Waals surface area (Å²) in [6.45, 7) is 0. The molecular formula is C14H10BrCl2F. The van der Waals surface area contributed by atoms with Crippen molar-refractivity contribution < 1.29 is 4.39 Å². The number of halogens is 4. The zero-order valence-electron chi connectivity index (χ0n) is 9.34. The maximum Gasteiger partial charge on any atom is 0.123 e. The molecule has 0 heterocycles. The average molecular weight is 348 g/mol. The van der Waals surface area contributed by atoms with E-state index in [-0.39, 0.29) is 10.6 Å². The maximum atomic E-state index is 13.1. The van der Waals surface area contributed by atoms with Gasteiger partial charge in [-0.1, -0.05) is 57.3 Å². The lowest BCUT2D eigenvalue weighted by molar-refractivity contribution is 0.625. The molecule has 0 amide bonds. The van der Waals surface area contributed by atoms with E-state index in [4.69, 9.17) is 23.2 Å². The fourth-order valence-corrected chi connectivity index (χ4v) is 3.18. The molecule has 0 aliphatic carbocycles. The van der Waals surface area contributed by atoms with Crippen LogP contribution in [0.25, 0.3) is 0 Å². The standard InChI is InChI=1S/C14H10BrCl2F/c15-13(7-9-2-1-3-11(18)6-9)12-5-4-10(16)8-14(12)17/h1-6,8,13H,7H2. The second kappa shape index (κ2) is 6.05. The summed E-state index contributed by atoms with van der Waals surface area (Å²) in [4.78, 5) is 0.0315. The van der Waals surface area contributed by atoms with Crippen LogP contribution in [-0.2, 0) is 6.42 Å². The largest absolute Gasteiger partial charge is 0.207 e. The molecule has 0 nitrogen and oxygen atoms in total. The lowest BCUT2D eigenvalue weighted by atomic mass is 10.0. The summed E-state index contributed by atoms with van der Waals surface area (Å²) in [7, 11) is 0. The van der Waals surface area contributed by atoms with E-state index in [0.29, 0.717) is 16.5 Å². The van der Waals surface area contributed by atoms with Crippen molar-refractivity contribution in [3.05, 3.63) is 69.5 Å². The van der Waals surface area contributed by atoms with Crippen molar-refractivity contribution in [1.29, 1.82) is 0 Å². The molecule has 1 atom stereocenters. The van der Waals surface area contributed by atoms with Gasteiger partial charge in [-0.25, -0.2) is 4.39 Å². The summed E-state index contributed by atoms with van der Waals surface area (Å²) >= 11 is 15.6. The molecule has 2 rings (SSSR count). The quantitative estimate of drug-likeness (QED) is 0.614. The predicted molar refractivity (Wildman–Crippen MR) is 78.2 cm³/mol. The van der Waals surface area contributed by atoms with Crippen molar-refractivity contribution in [2.45, 2.75) is 11.2 Å². The Balaban J connectivity index is 2.19. The molecule has 0 bridgehead atoms. The van der Waals surface area contributed by atoms with E-state index in [0.717, 1.165) is 11.1 Å². The average Bonchev–Trinajstić information content (AvgIpc) is 2.28. The van der Waals surface area contributed by atoms with Crippen LogP contribution < -0.4 is 0 Å². The van der Waals surface area contributed by atoms with E-state index in [1.807, 2.05) is 12.1 Å². The van der Waals surface area contributed by atoms with Gasteiger partial charge in [-0.05, 0) is 41.8 Å². The topological polar surface area (TPSA) is 0 Å². The third-order valence-electron chi connectivity index (χ3n) is 2.60. The van der Waals surface area contributed by atoms with Crippen LogP contribution in [0.2, 0.25) is 10.0 Å². The molecular weight excluding hydrogens is 338 g/mol. The van der Waals surface area contributed by atoms with Crippen LogP contribution in [-0.4, -0.2) is 0 Å². The van der Waals surface area contributed by atoms with Crippen molar-refractivity contribution in [2.24, 2.45) is 0 Å². The lowest BCUT2D eigenvalue weighted by Gasteiger charge is -2.12. The van der Waals surface area contributed by atoms with E-state index in [1.165, 1.54) is 12.1 Å². The Bertz CT molecular complexity index is 557. The van der Waals surface area contributed by atoms with E-state index in [1.54, 1.807) is 18.2 Å². The third kappa shape index (κ3) is 3.47. The van der Waals surface area contributed by atoms with Crippen molar-refractivity contribution in [3.63, 3.8) is 0 Å². The van der Waals surface area contributed by atoms with Crippen LogP contribution in [0.4, 0.5) is 4.39 Å². The first-order valence-electron chi connectivity index (χ1n) is 5.40. The summed E-state index contributed by atoms with van der Waals surface area (Å²) < 4.78 is 13.1. The number of hydrogen-bond donors (Lipinski definition) is 0. The van der Waals surface area contributed by atoms with Gasteiger partial charge in [0, 0.05) is 14.9 Å². The smallest absolute Gasteiger partial charge is 0.123 e. The molecule has 0 aliphatic rings. The SMILES string of the molecule is Fc1cccc(CC(Br)c2ccc(Cl)cc2Cl)c1. The molecule has 2 aromatic carbocycles. The van der Waals surface area contributed by atoms with Gasteiger partial charge >= 0.3 is 0 Å². The van der Waals surface area contributed by atoms with Gasteiger partial charge in [0.25, 0.3) is 0 Å². The molecule has 0 saturated heterocycles. The van der Waals surface area contributed by atoms with Crippen LogP contribution in [0.5, 0.6) is 0 Å². The zero-order valence-corrected chi connectivity index (χ0v) is 12.4. The number of rotatable bonds is 3. The van der Waals surface area contributed by atoms with Gasteiger partial charge in [0.15, 0.2) is 0 Å². The van der Waals surface area contributed by atoms with Gasteiger partial charge in [-0.15, -0.1) is 0 Å². The van der Waals surface area contributed by atoms with E-state index < -0.39 is 0 Å². The minimum absolute atomic E-state index is 0.0315. The summed E-state index contributed by atoms with van der Waals surface area (Å²) in [6.07, 6.45) is 0.666. The Kier molecular flexibility index (Phi) is 4.66. The minimum Gasteiger partial charge on any atom is -0.207 e.